The highest BCUT2D eigenvalue weighted by atomic mass is 16.5. The van der Waals surface area contributed by atoms with Gasteiger partial charge in [0.05, 0.1) is 12.2 Å². The first kappa shape index (κ1) is 17.2. The lowest BCUT2D eigenvalue weighted by molar-refractivity contribution is -0.136. The number of carbonyl (C=O) groups excluding carboxylic acids is 2. The maximum atomic E-state index is 12.5. The second-order valence-corrected chi connectivity index (χ2v) is 5.81. The van der Waals surface area contributed by atoms with Crippen LogP contribution in [0.1, 0.15) is 52.0 Å². The zero-order chi connectivity index (χ0) is 16.8. The number of ether oxygens (including phenoxy) is 1. The van der Waals surface area contributed by atoms with Crippen molar-refractivity contribution in [2.75, 3.05) is 6.61 Å². The molecule has 1 aliphatic rings. The minimum atomic E-state index is -0.322. The molecule has 0 aliphatic heterocycles. The molecule has 0 N–H and O–H groups in total. The van der Waals surface area contributed by atoms with Gasteiger partial charge in [0.1, 0.15) is 0 Å². The van der Waals surface area contributed by atoms with E-state index >= 15 is 0 Å². The molecular formula is C20H24O3. The Hall–Kier alpha value is -2.16. The maximum Gasteiger partial charge on any atom is 0.339 e. The van der Waals surface area contributed by atoms with E-state index < -0.39 is 0 Å². The van der Waals surface area contributed by atoms with Crippen molar-refractivity contribution in [3.63, 3.8) is 0 Å². The van der Waals surface area contributed by atoms with Crippen LogP contribution in [-0.4, -0.2) is 18.4 Å². The van der Waals surface area contributed by atoms with Crippen molar-refractivity contribution in [1.82, 2.24) is 0 Å². The second-order valence-electron chi connectivity index (χ2n) is 5.81. The van der Waals surface area contributed by atoms with Crippen molar-refractivity contribution in [3.8, 4) is 0 Å². The van der Waals surface area contributed by atoms with E-state index in [0.717, 1.165) is 48.0 Å². The molecule has 0 fully saturated rings. The molecule has 3 heteroatoms. The fourth-order valence-electron chi connectivity index (χ4n) is 3.15. The van der Waals surface area contributed by atoms with E-state index in [1.54, 1.807) is 13.8 Å². The Morgan fingerprint density at radius 3 is 2.17 bits per heavy atom. The highest BCUT2D eigenvalue weighted by Gasteiger charge is 2.23. The highest BCUT2D eigenvalue weighted by molar-refractivity contribution is 6.18. The molecule has 0 saturated carbocycles. The van der Waals surface area contributed by atoms with E-state index in [0.29, 0.717) is 12.2 Å². The van der Waals surface area contributed by atoms with Crippen molar-refractivity contribution >= 4 is 17.3 Å². The molecule has 1 aliphatic carbocycles. The Balaban J connectivity index is 2.61. The van der Waals surface area contributed by atoms with E-state index in [-0.39, 0.29) is 11.8 Å². The monoisotopic (exact) mass is 312 g/mol. The number of Topliss-reactive ketones (excluding diaryl/α,β-unsaturated/α-hetero) is 1. The van der Waals surface area contributed by atoms with Gasteiger partial charge in [-0.1, -0.05) is 30.3 Å². The Bertz CT molecular complexity index is 651. The molecule has 2 rings (SSSR count). The third-order valence-corrected chi connectivity index (χ3v) is 4.26. The van der Waals surface area contributed by atoms with Gasteiger partial charge in [-0.2, -0.15) is 0 Å². The number of benzene rings is 1. The van der Waals surface area contributed by atoms with Gasteiger partial charge in [0.25, 0.3) is 0 Å². The smallest absolute Gasteiger partial charge is 0.339 e. The molecule has 1 aromatic rings. The van der Waals surface area contributed by atoms with Crippen LogP contribution in [-0.2, 0) is 14.3 Å². The number of rotatable bonds is 5. The van der Waals surface area contributed by atoms with Crippen LogP contribution in [0.4, 0.5) is 0 Å². The molecule has 0 heterocycles. The Labute approximate surface area is 138 Å². The van der Waals surface area contributed by atoms with Crippen LogP contribution >= 0.6 is 0 Å². The summed E-state index contributed by atoms with van der Waals surface area (Å²) < 4.78 is 5.26. The summed E-state index contributed by atoms with van der Waals surface area (Å²) in [5, 5.41) is 0. The summed E-state index contributed by atoms with van der Waals surface area (Å²) in [5.74, 6) is -0.215. The molecule has 0 unspecified atom stereocenters. The number of hydrogen-bond donors (Lipinski definition) is 0. The minimum Gasteiger partial charge on any atom is -0.462 e. The molecule has 122 valence electrons. The fourth-order valence-corrected chi connectivity index (χ4v) is 3.15. The van der Waals surface area contributed by atoms with Gasteiger partial charge in [0.2, 0.25) is 0 Å². The zero-order valence-electron chi connectivity index (χ0n) is 14.1. The largest absolute Gasteiger partial charge is 0.462 e. The van der Waals surface area contributed by atoms with E-state index in [9.17, 15) is 9.59 Å². The van der Waals surface area contributed by atoms with Crippen molar-refractivity contribution in [1.29, 1.82) is 0 Å². The van der Waals surface area contributed by atoms with Gasteiger partial charge < -0.3 is 4.74 Å². The number of ketones is 1. The van der Waals surface area contributed by atoms with Gasteiger partial charge in [-0.05, 0) is 68.7 Å². The average molecular weight is 312 g/mol. The van der Waals surface area contributed by atoms with E-state index in [4.69, 9.17) is 4.74 Å². The van der Waals surface area contributed by atoms with Crippen molar-refractivity contribution < 1.29 is 14.3 Å². The summed E-state index contributed by atoms with van der Waals surface area (Å²) in [4.78, 5) is 24.5. The van der Waals surface area contributed by atoms with Gasteiger partial charge in [-0.3, -0.25) is 4.79 Å². The molecular weight excluding hydrogens is 288 g/mol. The summed E-state index contributed by atoms with van der Waals surface area (Å²) in [6.45, 7) is 5.68. The number of esters is 1. The topological polar surface area (TPSA) is 43.4 Å². The molecule has 0 spiro atoms. The van der Waals surface area contributed by atoms with Crippen LogP contribution in [0.2, 0.25) is 0 Å². The van der Waals surface area contributed by atoms with Crippen LogP contribution in [0.3, 0.4) is 0 Å². The molecule has 0 bridgehead atoms. The van der Waals surface area contributed by atoms with Crippen LogP contribution in [0.25, 0.3) is 5.57 Å². The van der Waals surface area contributed by atoms with E-state index in [2.05, 4.69) is 0 Å². The van der Waals surface area contributed by atoms with Crippen LogP contribution in [0.15, 0.2) is 47.1 Å². The minimum absolute atomic E-state index is 0.107. The van der Waals surface area contributed by atoms with Gasteiger partial charge in [0, 0.05) is 0 Å². The fraction of sp³-hybridized carbons (Fsp3) is 0.400. The number of carbonyl (C=O) groups is 2. The summed E-state index contributed by atoms with van der Waals surface area (Å²) in [6.07, 6.45) is 3.73. The molecule has 0 atom stereocenters. The second kappa shape index (κ2) is 7.91. The SMILES string of the molecule is CCOC(=O)/C(=C(/C)C1=C(C(C)=O)CCCC1)c1ccccc1. The predicted octanol–water partition coefficient (Wildman–Crippen LogP) is 4.48. The quantitative estimate of drug-likeness (QED) is 0.594. The Kier molecular flexibility index (Phi) is 5.91. The Morgan fingerprint density at radius 1 is 1.00 bits per heavy atom. The molecule has 0 radical (unpaired) electrons. The van der Waals surface area contributed by atoms with Crippen LogP contribution in [0, 0.1) is 0 Å². The highest BCUT2D eigenvalue weighted by Crippen LogP contribution is 2.34. The lowest BCUT2D eigenvalue weighted by Crippen LogP contribution is -2.13. The van der Waals surface area contributed by atoms with Crippen molar-refractivity contribution in [2.24, 2.45) is 0 Å². The average Bonchev–Trinajstić information content (AvgIpc) is 2.56. The molecule has 0 aromatic heterocycles. The van der Waals surface area contributed by atoms with Crippen LogP contribution < -0.4 is 0 Å². The van der Waals surface area contributed by atoms with Gasteiger partial charge >= 0.3 is 5.97 Å². The lowest BCUT2D eigenvalue weighted by Gasteiger charge is -2.21. The first-order valence-electron chi connectivity index (χ1n) is 8.23. The summed E-state index contributed by atoms with van der Waals surface area (Å²) in [7, 11) is 0. The number of hydrogen-bond acceptors (Lipinski definition) is 3. The molecule has 0 amide bonds. The van der Waals surface area contributed by atoms with E-state index in [1.165, 1.54) is 0 Å². The summed E-state index contributed by atoms with van der Waals surface area (Å²) in [5.41, 5.74) is 4.18. The van der Waals surface area contributed by atoms with Crippen molar-refractivity contribution in [2.45, 2.75) is 46.5 Å². The zero-order valence-corrected chi connectivity index (χ0v) is 14.1. The van der Waals surface area contributed by atoms with Crippen LogP contribution in [0.5, 0.6) is 0 Å². The molecule has 0 saturated heterocycles. The first-order valence-corrected chi connectivity index (χ1v) is 8.23. The third-order valence-electron chi connectivity index (χ3n) is 4.26. The number of allylic oxidation sites excluding steroid dienone is 3. The maximum absolute atomic E-state index is 12.5. The first-order chi connectivity index (χ1) is 11.1. The molecule has 3 nitrogen and oxygen atoms in total. The van der Waals surface area contributed by atoms with Gasteiger partial charge in [-0.25, -0.2) is 4.79 Å². The molecule has 1 aromatic carbocycles. The van der Waals surface area contributed by atoms with Crippen molar-refractivity contribution in [3.05, 3.63) is 52.6 Å². The molecule has 23 heavy (non-hydrogen) atoms. The van der Waals surface area contributed by atoms with Gasteiger partial charge in [-0.15, -0.1) is 0 Å². The summed E-state index contributed by atoms with van der Waals surface area (Å²) >= 11 is 0. The Morgan fingerprint density at radius 2 is 1.61 bits per heavy atom. The third kappa shape index (κ3) is 3.98. The van der Waals surface area contributed by atoms with E-state index in [1.807, 2.05) is 37.3 Å². The lowest BCUT2D eigenvalue weighted by atomic mass is 9.83. The standard InChI is InChI=1S/C20H24O3/c1-4-23-20(22)19(16-10-6-5-7-11-16)14(2)17-12-8-9-13-18(17)15(3)21/h5-7,10-11H,4,8-9,12-13H2,1-3H3/b19-14-. The summed E-state index contributed by atoms with van der Waals surface area (Å²) in [6, 6.07) is 9.55. The van der Waals surface area contributed by atoms with Gasteiger partial charge in [0.15, 0.2) is 5.78 Å². The predicted molar refractivity (Wildman–Crippen MR) is 91.8 cm³/mol. The normalized spacial score (nSPS) is 16.0.